The third kappa shape index (κ3) is 2.76. The van der Waals surface area contributed by atoms with Crippen molar-refractivity contribution in [2.45, 2.75) is 13.1 Å². The monoisotopic (exact) mass is 255 g/mol. The quantitative estimate of drug-likeness (QED) is 0.882. The molecule has 2 aromatic rings. The SMILES string of the molecule is Clc1cccc(CNCc2cnc[nH]2)c1Cl. The van der Waals surface area contributed by atoms with E-state index in [1.807, 2.05) is 12.1 Å². The molecule has 0 fully saturated rings. The number of rotatable bonds is 4. The van der Waals surface area contributed by atoms with Gasteiger partial charge in [0.15, 0.2) is 0 Å². The molecule has 1 aromatic carbocycles. The minimum Gasteiger partial charge on any atom is -0.347 e. The molecule has 0 aliphatic heterocycles. The lowest BCUT2D eigenvalue weighted by Gasteiger charge is -2.06. The predicted octanol–water partition coefficient (Wildman–Crippen LogP) is 3.01. The molecule has 0 atom stereocenters. The molecular weight excluding hydrogens is 245 g/mol. The Kier molecular flexibility index (Phi) is 3.83. The van der Waals surface area contributed by atoms with Crippen LogP contribution in [-0.2, 0) is 13.1 Å². The smallest absolute Gasteiger partial charge is 0.0922 e. The van der Waals surface area contributed by atoms with Crippen LogP contribution in [0.3, 0.4) is 0 Å². The summed E-state index contributed by atoms with van der Waals surface area (Å²) < 4.78 is 0. The van der Waals surface area contributed by atoms with Crippen molar-refractivity contribution in [3.05, 3.63) is 52.0 Å². The maximum absolute atomic E-state index is 6.06. The number of nitrogens with zero attached hydrogens (tertiary/aromatic N) is 1. The Hall–Kier alpha value is -1.03. The van der Waals surface area contributed by atoms with Gasteiger partial charge < -0.3 is 10.3 Å². The molecule has 1 heterocycles. The van der Waals surface area contributed by atoms with Crippen molar-refractivity contribution >= 4 is 23.2 Å². The van der Waals surface area contributed by atoms with Gasteiger partial charge in [-0.3, -0.25) is 0 Å². The highest BCUT2D eigenvalue weighted by Crippen LogP contribution is 2.25. The number of hydrogen-bond acceptors (Lipinski definition) is 2. The van der Waals surface area contributed by atoms with E-state index in [2.05, 4.69) is 15.3 Å². The first-order chi connectivity index (χ1) is 7.77. The normalized spacial score (nSPS) is 10.6. The first kappa shape index (κ1) is 11.5. The number of nitrogens with one attached hydrogen (secondary N) is 2. The molecule has 2 rings (SSSR count). The fourth-order valence-electron chi connectivity index (χ4n) is 1.40. The summed E-state index contributed by atoms with van der Waals surface area (Å²) in [5, 5.41) is 4.46. The van der Waals surface area contributed by atoms with E-state index >= 15 is 0 Å². The largest absolute Gasteiger partial charge is 0.347 e. The molecule has 0 saturated heterocycles. The van der Waals surface area contributed by atoms with Crippen LogP contribution in [0.15, 0.2) is 30.7 Å². The Morgan fingerprint density at radius 3 is 2.88 bits per heavy atom. The van der Waals surface area contributed by atoms with E-state index in [1.165, 1.54) is 0 Å². The maximum atomic E-state index is 6.06. The highest BCUT2D eigenvalue weighted by Gasteiger charge is 2.03. The molecule has 0 radical (unpaired) electrons. The molecule has 0 unspecified atom stereocenters. The summed E-state index contributed by atoms with van der Waals surface area (Å²) in [6, 6.07) is 5.62. The zero-order valence-electron chi connectivity index (χ0n) is 8.50. The van der Waals surface area contributed by atoms with Crippen molar-refractivity contribution in [3.8, 4) is 0 Å². The second kappa shape index (κ2) is 5.34. The Labute approximate surface area is 104 Å². The van der Waals surface area contributed by atoms with Gasteiger partial charge in [0, 0.05) is 25.0 Å². The second-order valence-corrected chi connectivity index (χ2v) is 4.18. The van der Waals surface area contributed by atoms with Crippen LogP contribution in [0.4, 0.5) is 0 Å². The lowest BCUT2D eigenvalue weighted by molar-refractivity contribution is 0.682. The molecule has 84 valence electrons. The number of H-pyrrole nitrogens is 1. The number of aromatic nitrogens is 2. The molecule has 0 aliphatic rings. The molecule has 0 amide bonds. The first-order valence-corrected chi connectivity index (χ1v) is 5.64. The van der Waals surface area contributed by atoms with E-state index < -0.39 is 0 Å². The van der Waals surface area contributed by atoms with E-state index in [4.69, 9.17) is 23.2 Å². The van der Waals surface area contributed by atoms with E-state index in [0.29, 0.717) is 16.6 Å². The van der Waals surface area contributed by atoms with Gasteiger partial charge in [-0.15, -0.1) is 0 Å². The number of hydrogen-bond donors (Lipinski definition) is 2. The summed E-state index contributed by atoms with van der Waals surface area (Å²) in [7, 11) is 0. The van der Waals surface area contributed by atoms with Gasteiger partial charge >= 0.3 is 0 Å². The number of benzene rings is 1. The van der Waals surface area contributed by atoms with Gasteiger partial charge in [-0.2, -0.15) is 0 Å². The van der Waals surface area contributed by atoms with Crippen LogP contribution in [-0.4, -0.2) is 9.97 Å². The van der Waals surface area contributed by atoms with Crippen LogP contribution < -0.4 is 5.32 Å². The van der Waals surface area contributed by atoms with Crippen molar-refractivity contribution in [2.75, 3.05) is 0 Å². The molecule has 3 nitrogen and oxygen atoms in total. The summed E-state index contributed by atoms with van der Waals surface area (Å²) in [4.78, 5) is 6.95. The van der Waals surface area contributed by atoms with E-state index in [-0.39, 0.29) is 0 Å². The average Bonchev–Trinajstić information content (AvgIpc) is 2.77. The van der Waals surface area contributed by atoms with Gasteiger partial charge in [-0.25, -0.2) is 4.98 Å². The van der Waals surface area contributed by atoms with Gasteiger partial charge in [0.25, 0.3) is 0 Å². The van der Waals surface area contributed by atoms with E-state index in [9.17, 15) is 0 Å². The molecule has 0 saturated carbocycles. The van der Waals surface area contributed by atoms with Crippen molar-refractivity contribution < 1.29 is 0 Å². The van der Waals surface area contributed by atoms with Gasteiger partial charge in [0.2, 0.25) is 0 Å². The standard InChI is InChI=1S/C11H11Cl2N3/c12-10-3-1-2-8(11(10)13)4-14-5-9-6-15-7-16-9/h1-3,6-7,14H,4-5H2,(H,15,16). The topological polar surface area (TPSA) is 40.7 Å². The van der Waals surface area contributed by atoms with Gasteiger partial charge in [-0.1, -0.05) is 35.3 Å². The molecule has 0 aliphatic carbocycles. The van der Waals surface area contributed by atoms with Crippen LogP contribution in [0, 0.1) is 0 Å². The van der Waals surface area contributed by atoms with Crippen LogP contribution in [0.25, 0.3) is 0 Å². The highest BCUT2D eigenvalue weighted by atomic mass is 35.5. The Morgan fingerprint density at radius 2 is 2.12 bits per heavy atom. The second-order valence-electron chi connectivity index (χ2n) is 3.39. The fraction of sp³-hybridized carbons (Fsp3) is 0.182. The molecular formula is C11H11Cl2N3. The summed E-state index contributed by atoms with van der Waals surface area (Å²) in [5.74, 6) is 0. The summed E-state index contributed by atoms with van der Waals surface area (Å²) in [6.45, 7) is 1.40. The molecule has 1 aromatic heterocycles. The Bertz CT molecular complexity index is 454. The van der Waals surface area contributed by atoms with Crippen LogP contribution in [0.5, 0.6) is 0 Å². The molecule has 16 heavy (non-hydrogen) atoms. The molecule has 0 spiro atoms. The Balaban J connectivity index is 1.92. The third-order valence-electron chi connectivity index (χ3n) is 2.22. The summed E-state index contributed by atoms with van der Waals surface area (Å²) in [5.41, 5.74) is 2.03. The number of aromatic amines is 1. The zero-order valence-corrected chi connectivity index (χ0v) is 10.0. The van der Waals surface area contributed by atoms with Crippen LogP contribution in [0.1, 0.15) is 11.3 Å². The summed E-state index contributed by atoms with van der Waals surface area (Å²) >= 11 is 12.0. The molecule has 2 N–H and O–H groups in total. The Morgan fingerprint density at radius 1 is 1.25 bits per heavy atom. The van der Waals surface area contributed by atoms with Crippen molar-refractivity contribution in [3.63, 3.8) is 0 Å². The third-order valence-corrected chi connectivity index (χ3v) is 3.08. The highest BCUT2D eigenvalue weighted by molar-refractivity contribution is 6.42. The molecule has 5 heteroatoms. The minimum absolute atomic E-state index is 0.586. The fourth-order valence-corrected chi connectivity index (χ4v) is 1.79. The van der Waals surface area contributed by atoms with E-state index in [1.54, 1.807) is 18.6 Å². The van der Waals surface area contributed by atoms with Crippen molar-refractivity contribution in [2.24, 2.45) is 0 Å². The lowest BCUT2D eigenvalue weighted by atomic mass is 10.2. The van der Waals surface area contributed by atoms with E-state index in [0.717, 1.165) is 17.8 Å². The number of halogens is 2. The van der Waals surface area contributed by atoms with Gasteiger partial charge in [0.05, 0.1) is 16.4 Å². The molecule has 0 bridgehead atoms. The van der Waals surface area contributed by atoms with Crippen LogP contribution >= 0.6 is 23.2 Å². The van der Waals surface area contributed by atoms with Gasteiger partial charge in [0.1, 0.15) is 0 Å². The van der Waals surface area contributed by atoms with Crippen molar-refractivity contribution in [1.29, 1.82) is 0 Å². The van der Waals surface area contributed by atoms with Gasteiger partial charge in [-0.05, 0) is 11.6 Å². The first-order valence-electron chi connectivity index (χ1n) is 4.88. The minimum atomic E-state index is 0.586. The van der Waals surface area contributed by atoms with Crippen LogP contribution in [0.2, 0.25) is 10.0 Å². The summed E-state index contributed by atoms with van der Waals surface area (Å²) in [6.07, 6.45) is 3.44. The zero-order chi connectivity index (χ0) is 11.4. The maximum Gasteiger partial charge on any atom is 0.0922 e. The average molecular weight is 256 g/mol. The number of imidazole rings is 1. The lowest BCUT2D eigenvalue weighted by Crippen LogP contribution is -2.13. The predicted molar refractivity (Wildman–Crippen MR) is 65.6 cm³/mol. The van der Waals surface area contributed by atoms with Crippen molar-refractivity contribution in [1.82, 2.24) is 15.3 Å².